The second-order valence-corrected chi connectivity index (χ2v) is 8.34. The number of anilines is 1. The van der Waals surface area contributed by atoms with Crippen molar-refractivity contribution in [1.82, 2.24) is 4.57 Å². The lowest BCUT2D eigenvalue weighted by atomic mass is 10.1. The highest BCUT2D eigenvalue weighted by atomic mass is 16.6. The largest absolute Gasteiger partial charge is 0.342 e. The smallest absolute Gasteiger partial charge is 0.271 e. The van der Waals surface area contributed by atoms with E-state index in [9.17, 15) is 20.2 Å². The molecule has 0 radical (unpaired) electrons. The van der Waals surface area contributed by atoms with Gasteiger partial charge in [-0.15, -0.1) is 0 Å². The molecule has 5 aromatic rings. The number of fused-ring (bicyclic) bond motifs is 2. The average molecular weight is 473 g/mol. The molecule has 5 rings (SSSR count). The molecule has 0 aliphatic rings. The molecule has 4 aromatic carbocycles. The van der Waals surface area contributed by atoms with Crippen molar-refractivity contribution in [2.24, 2.45) is 0 Å². The number of hydrogen-bond donors (Lipinski definition) is 1. The molecule has 0 fully saturated rings. The summed E-state index contributed by atoms with van der Waals surface area (Å²) >= 11 is 0. The van der Waals surface area contributed by atoms with Crippen LogP contribution in [0.4, 0.5) is 11.4 Å². The Labute approximate surface area is 206 Å². The molecule has 0 bridgehead atoms. The lowest BCUT2D eigenvalue weighted by molar-refractivity contribution is -0.384. The summed E-state index contributed by atoms with van der Waals surface area (Å²) in [5.41, 5.74) is 2.84. The van der Waals surface area contributed by atoms with E-state index in [2.05, 4.69) is 40.2 Å². The number of benzene rings is 4. The van der Waals surface area contributed by atoms with E-state index in [1.54, 1.807) is 6.08 Å². The van der Waals surface area contributed by atoms with Gasteiger partial charge in [0.25, 0.3) is 11.6 Å². The van der Waals surface area contributed by atoms with Crippen molar-refractivity contribution in [3.63, 3.8) is 0 Å². The fourth-order valence-electron chi connectivity index (χ4n) is 4.25. The summed E-state index contributed by atoms with van der Waals surface area (Å²) in [4.78, 5) is 23.3. The number of aromatic nitrogens is 1. The third kappa shape index (κ3) is 4.56. The Morgan fingerprint density at radius 3 is 2.56 bits per heavy atom. The topological polar surface area (TPSA) is 101 Å². The number of carbonyl (C=O) groups excluding carboxylic acids is 1. The van der Waals surface area contributed by atoms with Crippen LogP contribution in [-0.4, -0.2) is 15.4 Å². The lowest BCUT2D eigenvalue weighted by Crippen LogP contribution is -2.13. The Morgan fingerprint density at radius 1 is 0.972 bits per heavy atom. The number of carbonyl (C=O) groups is 1. The molecule has 1 aromatic heterocycles. The van der Waals surface area contributed by atoms with E-state index >= 15 is 0 Å². The van der Waals surface area contributed by atoms with Crippen molar-refractivity contribution >= 4 is 45.0 Å². The van der Waals surface area contributed by atoms with Gasteiger partial charge < -0.3 is 9.88 Å². The molecule has 1 amide bonds. The van der Waals surface area contributed by atoms with Crippen LogP contribution in [0.2, 0.25) is 0 Å². The van der Waals surface area contributed by atoms with Gasteiger partial charge in [0, 0.05) is 47.0 Å². The third-order valence-electron chi connectivity index (χ3n) is 5.97. The first-order valence-electron chi connectivity index (χ1n) is 11.2. The van der Waals surface area contributed by atoms with Crippen LogP contribution >= 0.6 is 0 Å². The number of nitro benzene ring substituents is 1. The quantitative estimate of drug-likeness (QED) is 0.136. The highest BCUT2D eigenvalue weighted by Gasteiger charge is 2.14. The molecule has 1 N–H and O–H groups in total. The summed E-state index contributed by atoms with van der Waals surface area (Å²) < 4.78 is 2.10. The van der Waals surface area contributed by atoms with Crippen LogP contribution in [0, 0.1) is 21.4 Å². The number of rotatable bonds is 6. The number of hydrogen-bond acceptors (Lipinski definition) is 4. The van der Waals surface area contributed by atoms with Gasteiger partial charge in [0.15, 0.2) is 0 Å². The van der Waals surface area contributed by atoms with Gasteiger partial charge in [-0.1, -0.05) is 60.7 Å². The van der Waals surface area contributed by atoms with Crippen LogP contribution in [0.25, 0.3) is 27.8 Å². The molecule has 0 saturated carbocycles. The highest BCUT2D eigenvalue weighted by Crippen LogP contribution is 2.26. The van der Waals surface area contributed by atoms with E-state index in [0.29, 0.717) is 6.54 Å². The highest BCUT2D eigenvalue weighted by molar-refractivity contribution is 6.10. The summed E-state index contributed by atoms with van der Waals surface area (Å²) in [7, 11) is 0. The Morgan fingerprint density at radius 2 is 1.75 bits per heavy atom. The third-order valence-corrected chi connectivity index (χ3v) is 5.97. The van der Waals surface area contributed by atoms with Crippen LogP contribution in [0.5, 0.6) is 0 Å². The molecular formula is C29H20N4O3. The standard InChI is InChI=1S/C29H20N4O3/c30-17-23(29(34)31-25-8-5-9-26(16-25)33(35)36)15-24-19-32(28-11-4-3-10-27(24)28)18-20-12-13-21-6-1-2-7-22(21)14-20/h1-16,19H,18H2,(H,31,34)/b23-15+. The second kappa shape index (κ2) is 9.57. The van der Waals surface area contributed by atoms with Crippen LogP contribution in [-0.2, 0) is 11.3 Å². The lowest BCUT2D eigenvalue weighted by Gasteiger charge is -2.07. The predicted molar refractivity (Wildman–Crippen MR) is 140 cm³/mol. The Hall–Kier alpha value is -5.22. The monoisotopic (exact) mass is 472 g/mol. The summed E-state index contributed by atoms with van der Waals surface area (Å²) in [6, 6.07) is 29.9. The van der Waals surface area contributed by atoms with Gasteiger partial charge >= 0.3 is 0 Å². The van der Waals surface area contributed by atoms with E-state index in [1.807, 2.05) is 48.7 Å². The number of amides is 1. The number of nitriles is 1. The molecule has 1 heterocycles. The van der Waals surface area contributed by atoms with Gasteiger partial charge in [0.2, 0.25) is 0 Å². The van der Waals surface area contributed by atoms with E-state index in [1.165, 1.54) is 29.7 Å². The maximum Gasteiger partial charge on any atom is 0.271 e. The molecule has 0 unspecified atom stereocenters. The van der Waals surface area contributed by atoms with Crippen LogP contribution in [0.1, 0.15) is 11.1 Å². The minimum absolute atomic E-state index is 0.102. The number of nitrogens with one attached hydrogen (secondary N) is 1. The van der Waals surface area contributed by atoms with Crippen LogP contribution < -0.4 is 5.32 Å². The molecule has 0 saturated heterocycles. The number of non-ortho nitro benzene ring substituents is 1. The number of nitrogens with zero attached hydrogens (tertiary/aromatic N) is 3. The predicted octanol–water partition coefficient (Wildman–Crippen LogP) is 6.30. The summed E-state index contributed by atoms with van der Waals surface area (Å²) in [6.07, 6.45) is 3.48. The number of nitro groups is 1. The minimum atomic E-state index is -0.635. The van der Waals surface area contributed by atoms with Crippen molar-refractivity contribution in [2.75, 3.05) is 5.32 Å². The summed E-state index contributed by atoms with van der Waals surface area (Å²) in [5.74, 6) is -0.635. The van der Waals surface area contributed by atoms with Crippen molar-refractivity contribution in [1.29, 1.82) is 5.26 Å². The first-order valence-corrected chi connectivity index (χ1v) is 11.2. The fraction of sp³-hybridized carbons (Fsp3) is 0.0345. The van der Waals surface area contributed by atoms with E-state index < -0.39 is 10.8 Å². The van der Waals surface area contributed by atoms with Crippen molar-refractivity contribution < 1.29 is 9.72 Å². The van der Waals surface area contributed by atoms with Gasteiger partial charge in [-0.3, -0.25) is 14.9 Å². The van der Waals surface area contributed by atoms with Gasteiger partial charge in [-0.2, -0.15) is 5.26 Å². The number of para-hydroxylation sites is 1. The first kappa shape index (κ1) is 22.6. The van der Waals surface area contributed by atoms with Gasteiger partial charge in [0.05, 0.1) is 4.92 Å². The summed E-state index contributed by atoms with van der Waals surface area (Å²) in [5, 5.41) is 26.5. The fourth-order valence-corrected chi connectivity index (χ4v) is 4.25. The van der Waals surface area contributed by atoms with Crippen LogP contribution in [0.3, 0.4) is 0 Å². The zero-order valence-corrected chi connectivity index (χ0v) is 19.1. The maximum absolute atomic E-state index is 12.8. The molecule has 36 heavy (non-hydrogen) atoms. The molecule has 7 heteroatoms. The Balaban J connectivity index is 1.47. The molecule has 0 aliphatic heterocycles. The molecule has 0 atom stereocenters. The minimum Gasteiger partial charge on any atom is -0.342 e. The first-order chi connectivity index (χ1) is 17.5. The zero-order valence-electron chi connectivity index (χ0n) is 19.1. The van der Waals surface area contributed by atoms with Crippen LogP contribution in [0.15, 0.2) is 103 Å². The van der Waals surface area contributed by atoms with E-state index in [0.717, 1.165) is 27.4 Å². The molecule has 174 valence electrons. The summed E-state index contributed by atoms with van der Waals surface area (Å²) in [6.45, 7) is 0.626. The molecule has 7 nitrogen and oxygen atoms in total. The van der Waals surface area contributed by atoms with Crippen molar-refractivity contribution in [2.45, 2.75) is 6.54 Å². The van der Waals surface area contributed by atoms with Gasteiger partial charge in [-0.25, -0.2) is 0 Å². The Bertz CT molecular complexity index is 1710. The zero-order chi connectivity index (χ0) is 25.1. The van der Waals surface area contributed by atoms with E-state index in [-0.39, 0.29) is 16.9 Å². The van der Waals surface area contributed by atoms with Gasteiger partial charge in [0.1, 0.15) is 11.6 Å². The second-order valence-electron chi connectivity index (χ2n) is 8.34. The van der Waals surface area contributed by atoms with Gasteiger partial charge in [-0.05, 0) is 40.6 Å². The van der Waals surface area contributed by atoms with E-state index in [4.69, 9.17) is 0 Å². The molecule has 0 spiro atoms. The molecular weight excluding hydrogens is 452 g/mol. The molecule has 0 aliphatic carbocycles. The average Bonchev–Trinajstić information content (AvgIpc) is 3.24. The normalized spacial score (nSPS) is 11.4. The Kier molecular flexibility index (Phi) is 6.00. The maximum atomic E-state index is 12.8. The van der Waals surface area contributed by atoms with Crippen molar-refractivity contribution in [3.05, 3.63) is 124 Å². The SMILES string of the molecule is N#C/C(=C\c1cn(Cc2ccc3ccccc3c2)c2ccccc12)C(=O)Nc1cccc([N+](=O)[O-])c1. The van der Waals surface area contributed by atoms with Crippen molar-refractivity contribution in [3.8, 4) is 6.07 Å².